The number of hydrogen-bond donors (Lipinski definition) is 1. The summed E-state index contributed by atoms with van der Waals surface area (Å²) in [4.78, 5) is 23.3. The summed E-state index contributed by atoms with van der Waals surface area (Å²) in [6.45, 7) is 4.39. The fraction of sp³-hybridized carbons (Fsp3) is 0.610. The highest BCUT2D eigenvalue weighted by Crippen LogP contribution is 2.13. The van der Waals surface area contributed by atoms with Crippen LogP contribution in [0.3, 0.4) is 0 Å². The topological polar surface area (TPSA) is 63.6 Å². The Kier molecular flexibility index (Phi) is 33.3. The smallest absolute Gasteiger partial charge is 0.306 e. The molecule has 0 saturated carbocycles. The van der Waals surface area contributed by atoms with Crippen molar-refractivity contribution in [2.45, 2.75) is 161 Å². The Morgan fingerprint density at radius 1 is 0.533 bits per heavy atom. The van der Waals surface area contributed by atoms with E-state index in [0.29, 0.717) is 19.3 Å². The molecule has 1 atom stereocenters. The maximum atomic E-state index is 12.5. The summed E-state index contributed by atoms with van der Waals surface area (Å²) < 4.78 is 5.76. The molecule has 0 fully saturated rings. The van der Waals surface area contributed by atoms with Crippen LogP contribution in [0.2, 0.25) is 0 Å². The third-order valence-electron chi connectivity index (χ3n) is 7.34. The Labute approximate surface area is 277 Å². The van der Waals surface area contributed by atoms with Crippen molar-refractivity contribution in [3.63, 3.8) is 0 Å². The maximum absolute atomic E-state index is 12.5. The number of aliphatic carboxylic acids is 1. The number of carbonyl (C=O) groups is 2. The maximum Gasteiger partial charge on any atom is 0.306 e. The van der Waals surface area contributed by atoms with Gasteiger partial charge in [0.05, 0.1) is 0 Å². The Morgan fingerprint density at radius 3 is 1.56 bits per heavy atom. The molecule has 0 radical (unpaired) electrons. The molecule has 0 aliphatic carbocycles. The molecular weight excluding hydrogens is 556 g/mol. The third kappa shape index (κ3) is 35.5. The van der Waals surface area contributed by atoms with Crippen LogP contribution in [0.5, 0.6) is 0 Å². The molecule has 4 nitrogen and oxygen atoms in total. The van der Waals surface area contributed by atoms with Crippen molar-refractivity contribution in [1.82, 2.24) is 0 Å². The molecule has 0 aliphatic heterocycles. The zero-order valence-corrected chi connectivity index (χ0v) is 28.9. The number of ether oxygens (including phenoxy) is 1. The number of esters is 1. The molecule has 0 aromatic heterocycles. The molecule has 1 unspecified atom stereocenters. The first-order valence-corrected chi connectivity index (χ1v) is 18.1. The fourth-order valence-electron chi connectivity index (χ4n) is 4.69. The zero-order chi connectivity index (χ0) is 32.9. The Balaban J connectivity index is 4.16. The van der Waals surface area contributed by atoms with E-state index in [-0.39, 0.29) is 18.5 Å². The molecule has 0 aliphatic rings. The van der Waals surface area contributed by atoms with Gasteiger partial charge in [-0.15, -0.1) is 0 Å². The van der Waals surface area contributed by atoms with Gasteiger partial charge in [-0.3, -0.25) is 9.59 Å². The van der Waals surface area contributed by atoms with Crippen LogP contribution in [-0.4, -0.2) is 23.1 Å². The average molecular weight is 623 g/mol. The summed E-state index contributed by atoms with van der Waals surface area (Å²) in [6.07, 6.45) is 51.7. The highest BCUT2D eigenvalue weighted by molar-refractivity contribution is 5.69. The summed E-state index contributed by atoms with van der Waals surface area (Å²) in [5, 5.41) is 8.91. The van der Waals surface area contributed by atoms with Gasteiger partial charge in [-0.1, -0.05) is 131 Å². The molecule has 1 N–H and O–H groups in total. The molecule has 254 valence electrons. The van der Waals surface area contributed by atoms with Crippen LogP contribution in [0, 0.1) is 0 Å². The number of carbonyl (C=O) groups excluding carboxylic acids is 1. The molecule has 0 aromatic carbocycles. The van der Waals surface area contributed by atoms with E-state index in [1.807, 2.05) is 12.2 Å². The molecule has 0 bridgehead atoms. The largest absolute Gasteiger partial charge is 0.481 e. The van der Waals surface area contributed by atoms with Gasteiger partial charge in [0.25, 0.3) is 0 Å². The van der Waals surface area contributed by atoms with Crippen molar-refractivity contribution in [3.05, 3.63) is 85.1 Å². The van der Waals surface area contributed by atoms with Crippen molar-refractivity contribution in [2.24, 2.45) is 0 Å². The minimum Gasteiger partial charge on any atom is -0.481 e. The number of allylic oxidation sites excluding steroid dienone is 13. The minimum absolute atomic E-state index is 0.151. The molecule has 45 heavy (non-hydrogen) atoms. The van der Waals surface area contributed by atoms with Gasteiger partial charge in [-0.25, -0.2) is 0 Å². The van der Waals surface area contributed by atoms with E-state index in [2.05, 4.69) is 86.8 Å². The van der Waals surface area contributed by atoms with E-state index in [1.165, 1.54) is 44.9 Å². The van der Waals surface area contributed by atoms with Crippen molar-refractivity contribution >= 4 is 11.9 Å². The Bertz CT molecular complexity index is 887. The van der Waals surface area contributed by atoms with Crippen molar-refractivity contribution in [1.29, 1.82) is 0 Å². The van der Waals surface area contributed by atoms with E-state index in [0.717, 1.165) is 70.6 Å². The van der Waals surface area contributed by atoms with Crippen LogP contribution < -0.4 is 0 Å². The first-order valence-electron chi connectivity index (χ1n) is 18.1. The van der Waals surface area contributed by atoms with Crippen molar-refractivity contribution in [3.8, 4) is 0 Å². The van der Waals surface area contributed by atoms with Gasteiger partial charge in [0.1, 0.15) is 6.10 Å². The number of carboxylic acid groups (broad SMARTS) is 1. The van der Waals surface area contributed by atoms with E-state index in [4.69, 9.17) is 9.84 Å². The summed E-state index contributed by atoms with van der Waals surface area (Å²) >= 11 is 0. The highest BCUT2D eigenvalue weighted by Gasteiger charge is 2.11. The molecular formula is C41H66O4. The first-order chi connectivity index (χ1) is 22.1. The second-order valence-electron chi connectivity index (χ2n) is 11.7. The monoisotopic (exact) mass is 622 g/mol. The third-order valence-corrected chi connectivity index (χ3v) is 7.34. The standard InChI is InChI=1S/C41H66O4/c1-3-5-7-9-11-13-15-17-19-20-22-24-26-28-30-32-38-41(44)45-39(36-33-34-37-40(42)43)35-31-29-27-25-23-21-18-16-14-12-10-8-6-4-2/h6,8,12-15,18-21,25,27,31,35,39H,3-5,7,9-11,16-17,22-24,26,28-30,32-34,36-38H2,1-2H3,(H,42,43)/b8-6-,14-12-,15-13-,20-19-,21-18-,27-25-,35-31-. The second kappa shape index (κ2) is 35.6. The number of carboxylic acids is 1. The first kappa shape index (κ1) is 42.1. The summed E-state index contributed by atoms with van der Waals surface area (Å²) in [5.41, 5.74) is 0. The second-order valence-corrected chi connectivity index (χ2v) is 11.7. The molecule has 0 saturated heterocycles. The van der Waals surface area contributed by atoms with Crippen LogP contribution in [0.1, 0.15) is 155 Å². The number of rotatable bonds is 31. The van der Waals surface area contributed by atoms with Crippen LogP contribution in [-0.2, 0) is 14.3 Å². The van der Waals surface area contributed by atoms with Gasteiger partial charge < -0.3 is 9.84 Å². The molecule has 4 heteroatoms. The van der Waals surface area contributed by atoms with Gasteiger partial charge in [0.15, 0.2) is 0 Å². The van der Waals surface area contributed by atoms with E-state index < -0.39 is 5.97 Å². The van der Waals surface area contributed by atoms with Gasteiger partial charge in [-0.2, -0.15) is 0 Å². The lowest BCUT2D eigenvalue weighted by atomic mass is 10.1. The molecule has 0 rings (SSSR count). The van der Waals surface area contributed by atoms with Gasteiger partial charge in [-0.05, 0) is 96.0 Å². The zero-order valence-electron chi connectivity index (χ0n) is 28.9. The van der Waals surface area contributed by atoms with E-state index >= 15 is 0 Å². The Morgan fingerprint density at radius 2 is 1.00 bits per heavy atom. The molecule has 0 heterocycles. The summed E-state index contributed by atoms with van der Waals surface area (Å²) in [6, 6.07) is 0. The Hall–Kier alpha value is -2.88. The quantitative estimate of drug-likeness (QED) is 0.0474. The highest BCUT2D eigenvalue weighted by atomic mass is 16.5. The van der Waals surface area contributed by atoms with E-state index in [9.17, 15) is 9.59 Å². The average Bonchev–Trinajstić information content (AvgIpc) is 3.02. The molecule has 0 aromatic rings. The summed E-state index contributed by atoms with van der Waals surface area (Å²) in [7, 11) is 0. The van der Waals surface area contributed by atoms with Crippen LogP contribution in [0.4, 0.5) is 0 Å². The molecule has 0 amide bonds. The lowest BCUT2D eigenvalue weighted by Crippen LogP contribution is -2.16. The fourth-order valence-corrected chi connectivity index (χ4v) is 4.69. The van der Waals surface area contributed by atoms with Crippen LogP contribution in [0.15, 0.2) is 85.1 Å². The predicted octanol–water partition coefficient (Wildman–Crippen LogP) is 12.5. The SMILES string of the molecule is CC/C=C\C/C=C\C/C=C\C/C=C\C/C=C\C(CCCCC(=O)O)OC(=O)CCCCCCC/C=C\C/C=C\CCCCCC. The summed E-state index contributed by atoms with van der Waals surface area (Å²) in [5.74, 6) is -0.935. The van der Waals surface area contributed by atoms with Gasteiger partial charge >= 0.3 is 11.9 Å². The number of unbranched alkanes of at least 4 members (excludes halogenated alkanes) is 10. The van der Waals surface area contributed by atoms with Crippen LogP contribution >= 0.6 is 0 Å². The lowest BCUT2D eigenvalue weighted by Gasteiger charge is -2.14. The van der Waals surface area contributed by atoms with Gasteiger partial charge in [0.2, 0.25) is 0 Å². The van der Waals surface area contributed by atoms with Crippen LogP contribution in [0.25, 0.3) is 0 Å². The molecule has 0 spiro atoms. The normalized spacial score (nSPS) is 13.3. The number of hydrogen-bond acceptors (Lipinski definition) is 3. The van der Waals surface area contributed by atoms with E-state index in [1.54, 1.807) is 0 Å². The van der Waals surface area contributed by atoms with Gasteiger partial charge in [0, 0.05) is 12.8 Å². The van der Waals surface area contributed by atoms with Crippen molar-refractivity contribution < 1.29 is 19.4 Å². The lowest BCUT2D eigenvalue weighted by molar-refractivity contribution is -0.147. The predicted molar refractivity (Wildman–Crippen MR) is 194 cm³/mol. The van der Waals surface area contributed by atoms with Crippen molar-refractivity contribution in [2.75, 3.05) is 0 Å². The minimum atomic E-state index is -0.782.